The number of hydrogen-bond acceptors (Lipinski definition) is 3. The van der Waals surface area contributed by atoms with E-state index >= 15 is 0 Å². The second-order valence-electron chi connectivity index (χ2n) is 5.81. The molecule has 4 heteroatoms. The fraction of sp³-hybridized carbons (Fsp3) is 0.600. The van der Waals surface area contributed by atoms with Gasteiger partial charge in [-0.2, -0.15) is 0 Å². The summed E-state index contributed by atoms with van der Waals surface area (Å²) in [6.45, 7) is 1.77. The van der Waals surface area contributed by atoms with Crippen molar-refractivity contribution < 1.29 is 4.79 Å². The third kappa shape index (κ3) is 2.44. The van der Waals surface area contributed by atoms with Gasteiger partial charge in [0, 0.05) is 31.2 Å². The highest BCUT2D eigenvalue weighted by atomic mass is 16.2. The lowest BCUT2D eigenvalue weighted by Gasteiger charge is -2.41. The molecular formula is C15H21N3O. The van der Waals surface area contributed by atoms with Crippen LogP contribution >= 0.6 is 0 Å². The van der Waals surface area contributed by atoms with Gasteiger partial charge >= 0.3 is 0 Å². The number of fused-ring (bicyclic) bond motifs is 1. The lowest BCUT2D eigenvalue weighted by molar-refractivity contribution is 0.0521. The number of piperidine rings is 1. The van der Waals surface area contributed by atoms with Gasteiger partial charge < -0.3 is 10.6 Å². The number of nitrogen functional groups attached to an aromatic ring is 1. The molecule has 2 N–H and O–H groups in total. The first-order chi connectivity index (χ1) is 9.25. The van der Waals surface area contributed by atoms with Gasteiger partial charge in [-0.25, -0.2) is 0 Å². The van der Waals surface area contributed by atoms with Crippen LogP contribution < -0.4 is 5.73 Å². The van der Waals surface area contributed by atoms with E-state index in [1.165, 1.54) is 25.7 Å². The summed E-state index contributed by atoms with van der Waals surface area (Å²) in [5.74, 6) is 1.59. The predicted molar refractivity (Wildman–Crippen MR) is 74.6 cm³/mol. The Morgan fingerprint density at radius 3 is 2.84 bits per heavy atom. The maximum atomic E-state index is 12.5. The molecule has 1 aliphatic carbocycles. The average molecular weight is 259 g/mol. The summed E-state index contributed by atoms with van der Waals surface area (Å²) in [6, 6.07) is 1.70. The molecule has 0 bridgehead atoms. The van der Waals surface area contributed by atoms with Crippen molar-refractivity contribution in [2.24, 2.45) is 11.8 Å². The van der Waals surface area contributed by atoms with Gasteiger partial charge in [0.1, 0.15) is 0 Å². The number of carbonyl (C=O) groups excluding carboxylic acids is 1. The Hall–Kier alpha value is -1.58. The van der Waals surface area contributed by atoms with Gasteiger partial charge in [0.25, 0.3) is 5.91 Å². The second kappa shape index (κ2) is 5.19. The van der Waals surface area contributed by atoms with E-state index < -0.39 is 0 Å². The quantitative estimate of drug-likeness (QED) is 0.842. The van der Waals surface area contributed by atoms with Crippen LogP contribution in [0.5, 0.6) is 0 Å². The molecular weight excluding hydrogens is 238 g/mol. The van der Waals surface area contributed by atoms with E-state index in [2.05, 4.69) is 4.98 Å². The van der Waals surface area contributed by atoms with Crippen molar-refractivity contribution in [1.29, 1.82) is 0 Å². The number of rotatable bonds is 1. The van der Waals surface area contributed by atoms with Crippen molar-refractivity contribution in [3.63, 3.8) is 0 Å². The maximum absolute atomic E-state index is 12.5. The SMILES string of the molecule is Nc1ccncc1C(=O)N1CCC2CCCCC2C1. The van der Waals surface area contributed by atoms with E-state index in [-0.39, 0.29) is 5.91 Å². The van der Waals surface area contributed by atoms with E-state index in [1.54, 1.807) is 18.5 Å². The number of hydrogen-bond donors (Lipinski definition) is 1. The fourth-order valence-corrected chi connectivity index (χ4v) is 3.54. The van der Waals surface area contributed by atoms with Crippen LogP contribution in [0.1, 0.15) is 42.5 Å². The van der Waals surface area contributed by atoms with E-state index in [0.29, 0.717) is 17.2 Å². The van der Waals surface area contributed by atoms with Crippen molar-refractivity contribution in [3.05, 3.63) is 24.0 Å². The summed E-state index contributed by atoms with van der Waals surface area (Å²) in [5.41, 5.74) is 6.96. The Morgan fingerprint density at radius 2 is 2.05 bits per heavy atom. The van der Waals surface area contributed by atoms with Crippen LogP contribution in [-0.2, 0) is 0 Å². The molecule has 3 rings (SSSR count). The van der Waals surface area contributed by atoms with Gasteiger partial charge in [-0.3, -0.25) is 9.78 Å². The van der Waals surface area contributed by atoms with Crippen molar-refractivity contribution in [2.75, 3.05) is 18.8 Å². The van der Waals surface area contributed by atoms with Gasteiger partial charge in [-0.1, -0.05) is 19.3 Å². The van der Waals surface area contributed by atoms with Crippen LogP contribution in [0.15, 0.2) is 18.5 Å². The number of amides is 1. The molecule has 1 saturated carbocycles. The molecule has 2 unspecified atom stereocenters. The van der Waals surface area contributed by atoms with Gasteiger partial charge in [0.05, 0.1) is 5.56 Å². The molecule has 2 fully saturated rings. The third-order valence-corrected chi connectivity index (χ3v) is 4.66. The van der Waals surface area contributed by atoms with Gasteiger partial charge in [-0.15, -0.1) is 0 Å². The molecule has 0 aromatic carbocycles. The van der Waals surface area contributed by atoms with Gasteiger partial charge in [0.2, 0.25) is 0 Å². The first-order valence-electron chi connectivity index (χ1n) is 7.24. The summed E-state index contributed by atoms with van der Waals surface area (Å²) in [7, 11) is 0. The highest BCUT2D eigenvalue weighted by Crippen LogP contribution is 2.36. The Bertz CT molecular complexity index is 474. The third-order valence-electron chi connectivity index (χ3n) is 4.66. The van der Waals surface area contributed by atoms with Gasteiger partial charge in [0.15, 0.2) is 0 Å². The van der Waals surface area contributed by atoms with Crippen molar-refractivity contribution >= 4 is 11.6 Å². The van der Waals surface area contributed by atoms with Gasteiger partial charge in [-0.05, 0) is 30.7 Å². The molecule has 2 aliphatic rings. The summed E-state index contributed by atoms with van der Waals surface area (Å²) < 4.78 is 0. The molecule has 0 radical (unpaired) electrons. The summed E-state index contributed by atoms with van der Waals surface area (Å²) in [5, 5.41) is 0. The molecule has 2 atom stereocenters. The molecule has 1 aromatic heterocycles. The van der Waals surface area contributed by atoms with Crippen LogP contribution in [0, 0.1) is 11.8 Å². The summed E-state index contributed by atoms with van der Waals surface area (Å²) >= 11 is 0. The van der Waals surface area contributed by atoms with E-state index in [0.717, 1.165) is 25.4 Å². The summed E-state index contributed by atoms with van der Waals surface area (Å²) in [6.07, 6.45) is 9.67. The number of nitrogens with two attached hydrogens (primary N) is 1. The number of aromatic nitrogens is 1. The highest BCUT2D eigenvalue weighted by Gasteiger charge is 2.33. The molecule has 0 spiro atoms. The fourth-order valence-electron chi connectivity index (χ4n) is 3.54. The lowest BCUT2D eigenvalue weighted by Crippen LogP contribution is -2.44. The predicted octanol–water partition coefficient (Wildman–Crippen LogP) is 2.32. The normalized spacial score (nSPS) is 26.8. The Labute approximate surface area is 114 Å². The highest BCUT2D eigenvalue weighted by molar-refractivity contribution is 5.98. The van der Waals surface area contributed by atoms with E-state index in [1.807, 2.05) is 4.90 Å². The molecule has 1 saturated heterocycles. The largest absolute Gasteiger partial charge is 0.398 e. The Morgan fingerprint density at radius 1 is 1.26 bits per heavy atom. The standard InChI is InChI=1S/C15H21N3O/c16-14-5-7-17-9-13(14)15(19)18-8-6-11-3-1-2-4-12(11)10-18/h5,7,9,11-12H,1-4,6,8,10H2,(H2,16,17). The van der Waals surface area contributed by atoms with Crippen LogP contribution in [-0.4, -0.2) is 28.9 Å². The monoisotopic (exact) mass is 259 g/mol. The first kappa shape index (κ1) is 12.5. The smallest absolute Gasteiger partial charge is 0.257 e. The van der Waals surface area contributed by atoms with Crippen LogP contribution in [0.3, 0.4) is 0 Å². The van der Waals surface area contributed by atoms with Crippen LogP contribution in [0.25, 0.3) is 0 Å². The minimum absolute atomic E-state index is 0.0506. The second-order valence-corrected chi connectivity index (χ2v) is 5.81. The molecule has 1 aliphatic heterocycles. The first-order valence-corrected chi connectivity index (χ1v) is 7.24. The minimum Gasteiger partial charge on any atom is -0.398 e. The lowest BCUT2D eigenvalue weighted by atomic mass is 9.75. The van der Waals surface area contributed by atoms with E-state index in [9.17, 15) is 4.79 Å². The number of anilines is 1. The Balaban J connectivity index is 1.73. The zero-order valence-corrected chi connectivity index (χ0v) is 11.2. The zero-order chi connectivity index (χ0) is 13.2. The van der Waals surface area contributed by atoms with Crippen LogP contribution in [0.4, 0.5) is 5.69 Å². The number of nitrogens with zero attached hydrogens (tertiary/aromatic N) is 2. The topological polar surface area (TPSA) is 59.2 Å². The van der Waals surface area contributed by atoms with Crippen molar-refractivity contribution in [1.82, 2.24) is 9.88 Å². The average Bonchev–Trinajstić information content (AvgIpc) is 2.46. The maximum Gasteiger partial charge on any atom is 0.257 e. The van der Waals surface area contributed by atoms with Crippen LogP contribution in [0.2, 0.25) is 0 Å². The zero-order valence-electron chi connectivity index (χ0n) is 11.2. The number of likely N-dealkylation sites (tertiary alicyclic amines) is 1. The summed E-state index contributed by atoms with van der Waals surface area (Å²) in [4.78, 5) is 18.5. The molecule has 102 valence electrons. The van der Waals surface area contributed by atoms with Crippen molar-refractivity contribution in [3.8, 4) is 0 Å². The number of pyridine rings is 1. The number of carbonyl (C=O) groups is 1. The Kier molecular flexibility index (Phi) is 3.40. The molecule has 19 heavy (non-hydrogen) atoms. The molecule has 2 heterocycles. The van der Waals surface area contributed by atoms with Crippen molar-refractivity contribution in [2.45, 2.75) is 32.1 Å². The minimum atomic E-state index is 0.0506. The molecule has 4 nitrogen and oxygen atoms in total. The molecule has 1 amide bonds. The van der Waals surface area contributed by atoms with E-state index in [4.69, 9.17) is 5.73 Å². The molecule has 1 aromatic rings.